The van der Waals surface area contributed by atoms with E-state index in [-0.39, 0.29) is 5.25 Å². The summed E-state index contributed by atoms with van der Waals surface area (Å²) in [4.78, 5) is 0. The third kappa shape index (κ3) is 2.50. The van der Waals surface area contributed by atoms with Crippen LogP contribution in [-0.4, -0.2) is 32.6 Å². The molecule has 0 unspecified atom stereocenters. The molecule has 0 aromatic heterocycles. The van der Waals surface area contributed by atoms with E-state index in [1.807, 2.05) is 6.92 Å². The molecule has 15 heavy (non-hydrogen) atoms. The van der Waals surface area contributed by atoms with Gasteiger partial charge in [0.2, 0.25) is 8.87 Å². The van der Waals surface area contributed by atoms with Crippen molar-refractivity contribution in [2.24, 2.45) is 11.8 Å². The fraction of sp³-hybridized carbons (Fsp3) is 1.00. The van der Waals surface area contributed by atoms with Gasteiger partial charge in [-0.25, -0.2) is 8.42 Å². The monoisotopic (exact) mass is 250 g/mol. The zero-order chi connectivity index (χ0) is 11.1. The molecule has 5 heteroatoms. The fourth-order valence-electron chi connectivity index (χ4n) is 2.83. The van der Waals surface area contributed by atoms with Crippen LogP contribution < -0.4 is 0 Å². The maximum atomic E-state index is 11.6. The van der Waals surface area contributed by atoms with Crippen molar-refractivity contribution in [3.8, 4) is 0 Å². The molecule has 1 saturated heterocycles. The van der Waals surface area contributed by atoms with Crippen molar-refractivity contribution >= 4 is 19.7 Å². The quantitative estimate of drug-likeness (QED) is 0.667. The summed E-state index contributed by atoms with van der Waals surface area (Å²) < 4.78 is 28.6. The molecule has 2 fully saturated rings. The number of ether oxygens (including phenoxy) is 1. The largest absolute Gasteiger partial charge is 0.381 e. The molecular formula is C10H18O3S2. The number of methoxy groups -OCH3 is 1. The summed E-state index contributed by atoms with van der Waals surface area (Å²) in [6.45, 7) is 2.04. The fourth-order valence-corrected chi connectivity index (χ4v) is 7.36. The zero-order valence-electron chi connectivity index (χ0n) is 9.18. The van der Waals surface area contributed by atoms with E-state index in [4.69, 9.17) is 4.74 Å². The average Bonchev–Trinajstić information content (AvgIpc) is 2.15. The summed E-state index contributed by atoms with van der Waals surface area (Å²) in [5.41, 5.74) is 0. The average molecular weight is 250 g/mol. The summed E-state index contributed by atoms with van der Waals surface area (Å²) >= 11 is 0. The Balaban J connectivity index is 2.10. The van der Waals surface area contributed by atoms with Crippen molar-refractivity contribution in [3.05, 3.63) is 0 Å². The predicted molar refractivity (Wildman–Crippen MR) is 62.5 cm³/mol. The Morgan fingerprint density at radius 1 is 1.33 bits per heavy atom. The lowest BCUT2D eigenvalue weighted by Gasteiger charge is -2.41. The van der Waals surface area contributed by atoms with Gasteiger partial charge in [0.25, 0.3) is 0 Å². The van der Waals surface area contributed by atoms with Crippen molar-refractivity contribution in [1.82, 2.24) is 0 Å². The van der Waals surface area contributed by atoms with E-state index in [0.29, 0.717) is 23.7 Å². The molecule has 2 rings (SSSR count). The number of fused-ring (bicyclic) bond motifs is 1. The van der Waals surface area contributed by atoms with Gasteiger partial charge in [0, 0.05) is 12.4 Å². The molecule has 1 aliphatic carbocycles. The normalized spacial score (nSPS) is 44.7. The van der Waals surface area contributed by atoms with Crippen molar-refractivity contribution in [2.75, 3.05) is 12.9 Å². The molecular weight excluding hydrogens is 232 g/mol. The van der Waals surface area contributed by atoms with Crippen LogP contribution in [0.3, 0.4) is 0 Å². The van der Waals surface area contributed by atoms with E-state index in [1.165, 1.54) is 0 Å². The Hall–Kier alpha value is 0.260. The second kappa shape index (κ2) is 4.26. The van der Waals surface area contributed by atoms with Crippen molar-refractivity contribution < 1.29 is 13.2 Å². The van der Waals surface area contributed by atoms with E-state index < -0.39 is 8.87 Å². The molecule has 88 valence electrons. The molecule has 0 amide bonds. The first-order valence-corrected chi connectivity index (χ1v) is 8.50. The van der Waals surface area contributed by atoms with Gasteiger partial charge in [-0.05, 0) is 41.9 Å². The highest BCUT2D eigenvalue weighted by Gasteiger charge is 2.42. The minimum atomic E-state index is -2.85. The van der Waals surface area contributed by atoms with Crippen LogP contribution in [-0.2, 0) is 13.6 Å². The van der Waals surface area contributed by atoms with Gasteiger partial charge in [-0.3, -0.25) is 0 Å². The van der Waals surface area contributed by atoms with Gasteiger partial charge in [-0.1, -0.05) is 6.92 Å². The zero-order valence-corrected chi connectivity index (χ0v) is 10.8. The van der Waals surface area contributed by atoms with Crippen LogP contribution in [0.2, 0.25) is 0 Å². The molecule has 0 radical (unpaired) electrons. The summed E-state index contributed by atoms with van der Waals surface area (Å²) in [6.07, 6.45) is 3.40. The van der Waals surface area contributed by atoms with Gasteiger partial charge in [-0.2, -0.15) is 0 Å². The summed E-state index contributed by atoms with van der Waals surface area (Å²) in [5.74, 6) is 1.28. The van der Waals surface area contributed by atoms with Crippen LogP contribution in [0.4, 0.5) is 0 Å². The predicted octanol–water partition coefficient (Wildman–Crippen LogP) is 1.88. The maximum Gasteiger partial charge on any atom is 0.202 e. The molecule has 1 aliphatic heterocycles. The molecule has 0 N–H and O–H groups in total. The van der Waals surface area contributed by atoms with Crippen LogP contribution in [0.25, 0.3) is 0 Å². The molecule has 3 nitrogen and oxygen atoms in total. The summed E-state index contributed by atoms with van der Waals surface area (Å²) in [7, 11) is 0.0601. The number of rotatable bonds is 1. The number of hydrogen-bond acceptors (Lipinski definition) is 4. The van der Waals surface area contributed by atoms with Crippen LogP contribution in [0.5, 0.6) is 0 Å². The van der Waals surface area contributed by atoms with Gasteiger partial charge in [0.05, 0.1) is 11.9 Å². The lowest BCUT2D eigenvalue weighted by molar-refractivity contribution is 0.0329. The van der Waals surface area contributed by atoms with Crippen LogP contribution in [0.1, 0.15) is 26.2 Å². The first kappa shape index (κ1) is 11.7. The van der Waals surface area contributed by atoms with Crippen molar-refractivity contribution in [2.45, 2.75) is 37.5 Å². The molecule has 0 spiro atoms. The Morgan fingerprint density at radius 2 is 2.07 bits per heavy atom. The van der Waals surface area contributed by atoms with Crippen LogP contribution in [0, 0.1) is 11.8 Å². The van der Waals surface area contributed by atoms with E-state index in [2.05, 4.69) is 0 Å². The van der Waals surface area contributed by atoms with Gasteiger partial charge in [0.1, 0.15) is 0 Å². The minimum absolute atomic E-state index is 0.228. The van der Waals surface area contributed by atoms with Crippen LogP contribution in [0.15, 0.2) is 0 Å². The lowest BCUT2D eigenvalue weighted by atomic mass is 9.77. The van der Waals surface area contributed by atoms with Gasteiger partial charge >= 0.3 is 0 Å². The van der Waals surface area contributed by atoms with Gasteiger partial charge in [-0.15, -0.1) is 0 Å². The molecule has 0 aromatic rings. The molecule has 2 aliphatic rings. The molecule has 0 aromatic carbocycles. The summed E-state index contributed by atoms with van der Waals surface area (Å²) in [6, 6.07) is 0. The van der Waals surface area contributed by atoms with E-state index in [0.717, 1.165) is 30.1 Å². The van der Waals surface area contributed by atoms with E-state index in [9.17, 15) is 8.42 Å². The molecule has 0 bridgehead atoms. The molecule has 1 heterocycles. The standard InChI is InChI=1S/C10H18O3S2/c1-7-10-5-9(13-2)4-3-8(10)6-15(11,12)14-7/h7-10H,3-6H2,1-2H3/t7-,8+,9+,10+/m0/s1. The highest BCUT2D eigenvalue weighted by atomic mass is 33.1. The third-order valence-electron chi connectivity index (χ3n) is 3.65. The third-order valence-corrected chi connectivity index (χ3v) is 7.63. The Morgan fingerprint density at radius 3 is 2.73 bits per heavy atom. The summed E-state index contributed by atoms with van der Waals surface area (Å²) in [5, 5.41) is 0.228. The van der Waals surface area contributed by atoms with Gasteiger partial charge < -0.3 is 4.74 Å². The van der Waals surface area contributed by atoms with Crippen molar-refractivity contribution in [3.63, 3.8) is 0 Å². The second-order valence-corrected chi connectivity index (χ2v) is 9.11. The lowest BCUT2D eigenvalue weighted by Crippen LogP contribution is -2.41. The number of hydrogen-bond donors (Lipinski definition) is 0. The highest BCUT2D eigenvalue weighted by molar-refractivity contribution is 8.72. The topological polar surface area (TPSA) is 43.4 Å². The highest BCUT2D eigenvalue weighted by Crippen LogP contribution is 2.45. The van der Waals surface area contributed by atoms with Crippen LogP contribution >= 0.6 is 10.8 Å². The van der Waals surface area contributed by atoms with E-state index in [1.54, 1.807) is 7.11 Å². The first-order valence-electron chi connectivity index (χ1n) is 5.45. The Bertz CT molecular complexity index is 326. The smallest absolute Gasteiger partial charge is 0.202 e. The second-order valence-electron chi connectivity index (χ2n) is 4.62. The Labute approximate surface area is 95.3 Å². The first-order chi connectivity index (χ1) is 7.02. The maximum absolute atomic E-state index is 11.6. The van der Waals surface area contributed by atoms with Crippen molar-refractivity contribution in [1.29, 1.82) is 0 Å². The SMILES string of the molecule is CO[C@@H]1CC[C@@H]2CS(=O)(=O)S[C@@H](C)[C@H]2C1. The molecule has 1 saturated carbocycles. The Kier molecular flexibility index (Phi) is 3.33. The van der Waals surface area contributed by atoms with E-state index >= 15 is 0 Å². The molecule has 4 atom stereocenters. The van der Waals surface area contributed by atoms with Gasteiger partial charge in [0.15, 0.2) is 0 Å². The minimum Gasteiger partial charge on any atom is -0.381 e.